The molecular weight excluding hydrogens is 415 g/mol. The molecule has 2 N–H and O–H groups in total. The Balaban J connectivity index is 1.53. The predicted octanol–water partition coefficient (Wildman–Crippen LogP) is 3.45. The fourth-order valence-corrected chi connectivity index (χ4v) is 3.91. The van der Waals surface area contributed by atoms with E-state index in [1.54, 1.807) is 24.3 Å². The molecule has 0 spiro atoms. The molecule has 158 valence electrons. The van der Waals surface area contributed by atoms with E-state index in [1.807, 2.05) is 4.90 Å². The molecule has 10 heteroatoms. The summed E-state index contributed by atoms with van der Waals surface area (Å²) < 4.78 is 18.7. The minimum atomic E-state index is -0.596. The fourth-order valence-electron chi connectivity index (χ4n) is 3.67. The number of para-hydroxylation sites is 1. The van der Waals surface area contributed by atoms with E-state index in [4.69, 9.17) is 16.1 Å². The molecule has 0 aliphatic carbocycles. The average molecular weight is 434 g/mol. The molecule has 2 atom stereocenters. The lowest BCUT2D eigenvalue weighted by Gasteiger charge is -2.27. The third-order valence-electron chi connectivity index (χ3n) is 5.09. The van der Waals surface area contributed by atoms with Gasteiger partial charge in [-0.25, -0.2) is 4.39 Å². The molecule has 0 bridgehead atoms. The van der Waals surface area contributed by atoms with E-state index in [0.717, 1.165) is 0 Å². The topological polar surface area (TPSA) is 109 Å². The van der Waals surface area contributed by atoms with Crippen LogP contribution in [0.2, 0.25) is 5.02 Å². The van der Waals surface area contributed by atoms with Crippen molar-refractivity contribution in [3.8, 4) is 0 Å². The highest BCUT2D eigenvalue weighted by atomic mass is 35.5. The highest BCUT2D eigenvalue weighted by molar-refractivity contribution is 6.31. The Labute approximate surface area is 176 Å². The van der Waals surface area contributed by atoms with Crippen LogP contribution in [0, 0.1) is 11.0 Å². The number of hydrogen-bond donors (Lipinski definition) is 2. The molecule has 1 aliphatic rings. The first-order valence-corrected chi connectivity index (χ1v) is 9.71. The van der Waals surface area contributed by atoms with Gasteiger partial charge in [-0.15, -0.1) is 0 Å². The van der Waals surface area contributed by atoms with E-state index in [0.29, 0.717) is 42.4 Å². The van der Waals surface area contributed by atoms with Gasteiger partial charge >= 0.3 is 0 Å². The van der Waals surface area contributed by atoms with Crippen LogP contribution in [0.25, 0.3) is 0 Å². The van der Waals surface area contributed by atoms with Crippen LogP contribution in [-0.4, -0.2) is 38.0 Å². The second-order valence-electron chi connectivity index (χ2n) is 7.20. The molecule has 3 aromatic rings. The minimum absolute atomic E-state index is 0.134. The lowest BCUT2D eigenvalue weighted by atomic mass is 10.1. The van der Waals surface area contributed by atoms with Gasteiger partial charge in [0.25, 0.3) is 0 Å². The van der Waals surface area contributed by atoms with Gasteiger partial charge in [-0.3, -0.25) is 10.1 Å². The number of anilines is 1. The van der Waals surface area contributed by atoms with Gasteiger partial charge in [-0.2, -0.15) is 4.98 Å². The molecule has 1 aromatic heterocycles. The monoisotopic (exact) mass is 433 g/mol. The summed E-state index contributed by atoms with van der Waals surface area (Å²) in [6.07, 6.45) is 0.0686. The molecule has 0 radical (unpaired) electrons. The SMILES string of the molecule is [O-]N(O)c1ccccc1CN1C[C@H](O)C[C@H]1c1nc(Cc2ccc(F)cc2Cl)no1. The maximum absolute atomic E-state index is 13.2. The summed E-state index contributed by atoms with van der Waals surface area (Å²) in [6.45, 7) is 0.656. The molecule has 8 nitrogen and oxygen atoms in total. The summed E-state index contributed by atoms with van der Waals surface area (Å²) in [7, 11) is 0. The van der Waals surface area contributed by atoms with E-state index >= 15 is 0 Å². The smallest absolute Gasteiger partial charge is 0.244 e. The number of β-amino-alcohol motifs (C(OH)–C–C–N with tert-alkyl or cyclic N) is 1. The van der Waals surface area contributed by atoms with Crippen LogP contribution in [0.4, 0.5) is 10.1 Å². The second-order valence-corrected chi connectivity index (χ2v) is 7.60. The lowest BCUT2D eigenvalue weighted by molar-refractivity contribution is 0.169. The number of aromatic nitrogens is 2. The molecule has 30 heavy (non-hydrogen) atoms. The van der Waals surface area contributed by atoms with Crippen molar-refractivity contribution < 1.29 is 19.2 Å². The molecule has 1 saturated heterocycles. The third kappa shape index (κ3) is 4.45. The maximum atomic E-state index is 13.2. The first-order valence-electron chi connectivity index (χ1n) is 9.33. The van der Waals surface area contributed by atoms with Gasteiger partial charge in [0.05, 0.1) is 17.8 Å². The van der Waals surface area contributed by atoms with Crippen LogP contribution in [0.15, 0.2) is 47.0 Å². The molecule has 0 unspecified atom stereocenters. The predicted molar refractivity (Wildman–Crippen MR) is 106 cm³/mol. The van der Waals surface area contributed by atoms with Crippen LogP contribution in [0.5, 0.6) is 0 Å². The van der Waals surface area contributed by atoms with Gasteiger partial charge in [0, 0.05) is 24.5 Å². The summed E-state index contributed by atoms with van der Waals surface area (Å²) in [5, 5.41) is 35.0. The van der Waals surface area contributed by atoms with Crippen LogP contribution in [-0.2, 0) is 13.0 Å². The zero-order valence-electron chi connectivity index (χ0n) is 15.8. The summed E-state index contributed by atoms with van der Waals surface area (Å²) in [4.78, 5) is 6.34. The van der Waals surface area contributed by atoms with Crippen molar-refractivity contribution in [2.24, 2.45) is 0 Å². The second kappa shape index (κ2) is 8.66. The van der Waals surface area contributed by atoms with E-state index in [-0.39, 0.29) is 28.4 Å². The Morgan fingerprint density at radius 3 is 2.83 bits per heavy atom. The van der Waals surface area contributed by atoms with Crippen molar-refractivity contribution in [1.82, 2.24) is 15.0 Å². The number of halogens is 2. The van der Waals surface area contributed by atoms with Gasteiger partial charge in [0.15, 0.2) is 5.82 Å². The Kier molecular flexibility index (Phi) is 5.98. The highest BCUT2D eigenvalue weighted by Gasteiger charge is 2.36. The quantitative estimate of drug-likeness (QED) is 0.569. The van der Waals surface area contributed by atoms with Crippen molar-refractivity contribution in [3.63, 3.8) is 0 Å². The Bertz CT molecular complexity index is 1030. The number of nitrogens with zero attached hydrogens (tertiary/aromatic N) is 4. The summed E-state index contributed by atoms with van der Waals surface area (Å²) in [6, 6.07) is 10.4. The standard InChI is InChI=1S/C20H19ClFN4O4/c21-16-8-14(22)6-5-12(16)7-19-23-20(30-24-19)18-9-15(27)11-25(18)10-13-3-1-2-4-17(13)26(28)29/h1-6,8,15,18,27-28H,7,9-11H2/q-1/t15-,18+/m1/s1. The third-order valence-corrected chi connectivity index (χ3v) is 5.44. The van der Waals surface area contributed by atoms with E-state index < -0.39 is 11.9 Å². The molecular formula is C20H19ClFN4O4-. The van der Waals surface area contributed by atoms with E-state index in [2.05, 4.69) is 10.1 Å². The van der Waals surface area contributed by atoms with Crippen molar-refractivity contribution in [3.05, 3.63) is 81.4 Å². The molecule has 1 fully saturated rings. The molecule has 2 heterocycles. The van der Waals surface area contributed by atoms with Crippen molar-refractivity contribution in [1.29, 1.82) is 0 Å². The van der Waals surface area contributed by atoms with Gasteiger partial charge in [-0.05, 0) is 35.7 Å². The van der Waals surface area contributed by atoms with Crippen LogP contribution < -0.4 is 5.23 Å². The first-order chi connectivity index (χ1) is 14.4. The minimum Gasteiger partial charge on any atom is -0.733 e. The van der Waals surface area contributed by atoms with Crippen molar-refractivity contribution in [2.45, 2.75) is 31.5 Å². The Hall–Kier alpha value is -2.56. The van der Waals surface area contributed by atoms with Crippen LogP contribution >= 0.6 is 11.6 Å². The molecule has 4 rings (SSSR count). The van der Waals surface area contributed by atoms with Gasteiger partial charge in [0.2, 0.25) is 5.89 Å². The van der Waals surface area contributed by atoms with E-state index in [1.165, 1.54) is 18.2 Å². The first kappa shape index (κ1) is 20.7. The van der Waals surface area contributed by atoms with Crippen molar-refractivity contribution in [2.75, 3.05) is 11.8 Å². The van der Waals surface area contributed by atoms with Crippen LogP contribution in [0.1, 0.15) is 35.3 Å². The lowest BCUT2D eigenvalue weighted by Crippen LogP contribution is -2.25. The number of rotatable bonds is 6. The fraction of sp³-hybridized carbons (Fsp3) is 0.300. The number of hydrogen-bond acceptors (Lipinski definition) is 8. The number of aliphatic hydroxyl groups excluding tert-OH is 1. The normalized spacial score (nSPS) is 19.4. The summed E-state index contributed by atoms with van der Waals surface area (Å²) in [5.74, 6) is 0.300. The Morgan fingerprint density at radius 1 is 1.27 bits per heavy atom. The summed E-state index contributed by atoms with van der Waals surface area (Å²) in [5.41, 5.74) is 1.41. The zero-order chi connectivity index (χ0) is 21.3. The number of benzene rings is 2. The summed E-state index contributed by atoms with van der Waals surface area (Å²) >= 11 is 6.07. The van der Waals surface area contributed by atoms with Gasteiger partial charge in [-0.1, -0.05) is 41.0 Å². The number of aliphatic hydroxyl groups is 1. The Morgan fingerprint density at radius 2 is 2.07 bits per heavy atom. The molecule has 2 aromatic carbocycles. The van der Waals surface area contributed by atoms with E-state index in [9.17, 15) is 19.9 Å². The highest BCUT2D eigenvalue weighted by Crippen LogP contribution is 2.34. The maximum Gasteiger partial charge on any atom is 0.244 e. The van der Waals surface area contributed by atoms with Gasteiger partial charge < -0.3 is 20.1 Å². The average Bonchev–Trinajstić information content (AvgIpc) is 3.30. The van der Waals surface area contributed by atoms with Gasteiger partial charge in [0.1, 0.15) is 5.82 Å². The molecule has 0 amide bonds. The molecule has 0 saturated carbocycles. The van der Waals surface area contributed by atoms with Crippen LogP contribution in [0.3, 0.4) is 0 Å². The largest absolute Gasteiger partial charge is 0.733 e. The zero-order valence-corrected chi connectivity index (χ0v) is 16.5. The molecule has 1 aliphatic heterocycles. The number of likely N-dealkylation sites (tertiary alicyclic amines) is 1. The van der Waals surface area contributed by atoms with Crippen molar-refractivity contribution >= 4 is 17.3 Å².